The van der Waals surface area contributed by atoms with E-state index in [1.54, 1.807) is 18.9 Å². The first-order chi connectivity index (χ1) is 10.1. The molecule has 2 aromatic rings. The Hall–Kier alpha value is -1.24. The highest BCUT2D eigenvalue weighted by atomic mass is 32.2. The Labute approximate surface area is 129 Å². The summed E-state index contributed by atoms with van der Waals surface area (Å²) in [5, 5.41) is 13.7. The maximum absolute atomic E-state index is 9.48. The van der Waals surface area contributed by atoms with Crippen molar-refractivity contribution in [1.29, 1.82) is 0 Å². The van der Waals surface area contributed by atoms with Crippen molar-refractivity contribution in [3.8, 4) is 5.75 Å². The van der Waals surface area contributed by atoms with E-state index in [1.807, 2.05) is 32.0 Å². The molecule has 0 bridgehead atoms. The van der Waals surface area contributed by atoms with Gasteiger partial charge in [0.2, 0.25) is 0 Å². The summed E-state index contributed by atoms with van der Waals surface area (Å²) in [6.07, 6.45) is 0.877. The largest absolute Gasteiger partial charge is 0.497 e. The molecule has 0 aliphatic rings. The van der Waals surface area contributed by atoms with Gasteiger partial charge in [0.1, 0.15) is 5.75 Å². The van der Waals surface area contributed by atoms with Gasteiger partial charge in [-0.15, -0.1) is 0 Å². The second-order valence-electron chi connectivity index (χ2n) is 5.27. The molecule has 0 saturated carbocycles. The molecule has 1 heterocycles. The smallest absolute Gasteiger partial charge is 0.166 e. The molecular weight excluding hydrogens is 286 g/mol. The SMILES string of the molecule is CCNC(C)(CO)CCSc1nc2ccc(OC)cc2[nH]1. The molecule has 6 heteroatoms. The number of fused-ring (bicyclic) bond motifs is 1. The molecule has 0 aliphatic carbocycles. The van der Waals surface area contributed by atoms with Crippen LogP contribution in [-0.4, -0.2) is 46.6 Å². The Morgan fingerprint density at radius 3 is 2.95 bits per heavy atom. The minimum Gasteiger partial charge on any atom is -0.497 e. The number of benzene rings is 1. The molecule has 0 radical (unpaired) electrons. The van der Waals surface area contributed by atoms with Gasteiger partial charge in [0.15, 0.2) is 5.16 Å². The monoisotopic (exact) mass is 309 g/mol. The number of imidazole rings is 1. The first-order valence-corrected chi connectivity index (χ1v) is 8.11. The molecule has 0 fully saturated rings. The number of aromatic nitrogens is 2. The molecule has 1 unspecified atom stereocenters. The summed E-state index contributed by atoms with van der Waals surface area (Å²) in [4.78, 5) is 7.84. The number of thioether (sulfide) groups is 1. The minimum atomic E-state index is -0.225. The number of methoxy groups -OCH3 is 1. The van der Waals surface area contributed by atoms with Crippen LogP contribution in [0.2, 0.25) is 0 Å². The number of aliphatic hydroxyl groups excluding tert-OH is 1. The zero-order valence-electron chi connectivity index (χ0n) is 12.8. The number of nitrogens with zero attached hydrogens (tertiary/aromatic N) is 1. The molecule has 0 aliphatic heterocycles. The quantitative estimate of drug-likeness (QED) is 0.653. The van der Waals surface area contributed by atoms with Gasteiger partial charge < -0.3 is 20.1 Å². The van der Waals surface area contributed by atoms with E-state index >= 15 is 0 Å². The Bertz CT molecular complexity index is 587. The third-order valence-corrected chi connectivity index (χ3v) is 4.39. The Morgan fingerprint density at radius 1 is 1.48 bits per heavy atom. The van der Waals surface area contributed by atoms with Gasteiger partial charge in [-0.05, 0) is 32.0 Å². The van der Waals surface area contributed by atoms with Crippen LogP contribution in [0.15, 0.2) is 23.4 Å². The van der Waals surface area contributed by atoms with E-state index in [2.05, 4.69) is 15.3 Å². The van der Waals surface area contributed by atoms with Crippen molar-refractivity contribution in [3.63, 3.8) is 0 Å². The maximum Gasteiger partial charge on any atom is 0.166 e. The highest BCUT2D eigenvalue weighted by molar-refractivity contribution is 7.99. The van der Waals surface area contributed by atoms with Gasteiger partial charge in [0.05, 0.1) is 24.8 Å². The highest BCUT2D eigenvalue weighted by Gasteiger charge is 2.21. The molecule has 3 N–H and O–H groups in total. The number of nitrogens with one attached hydrogen (secondary N) is 2. The van der Waals surface area contributed by atoms with Crippen molar-refractivity contribution >= 4 is 22.8 Å². The van der Waals surface area contributed by atoms with Crippen LogP contribution in [0.4, 0.5) is 0 Å². The number of H-pyrrole nitrogens is 1. The number of likely N-dealkylation sites (N-methyl/N-ethyl adjacent to an activating group) is 1. The Kier molecular flexibility index (Phi) is 5.50. The second kappa shape index (κ2) is 7.15. The van der Waals surface area contributed by atoms with Crippen LogP contribution in [0.3, 0.4) is 0 Å². The average Bonchev–Trinajstić information content (AvgIpc) is 2.89. The van der Waals surface area contributed by atoms with Crippen molar-refractivity contribution in [2.75, 3.05) is 26.0 Å². The van der Waals surface area contributed by atoms with E-state index in [4.69, 9.17) is 4.74 Å². The van der Waals surface area contributed by atoms with E-state index < -0.39 is 0 Å². The van der Waals surface area contributed by atoms with Crippen molar-refractivity contribution in [2.45, 2.75) is 31.0 Å². The zero-order valence-corrected chi connectivity index (χ0v) is 13.6. The van der Waals surface area contributed by atoms with E-state index in [0.29, 0.717) is 0 Å². The van der Waals surface area contributed by atoms with Gasteiger partial charge in [-0.3, -0.25) is 0 Å². The van der Waals surface area contributed by atoms with Gasteiger partial charge in [0, 0.05) is 17.4 Å². The maximum atomic E-state index is 9.48. The van der Waals surface area contributed by atoms with Gasteiger partial charge in [-0.1, -0.05) is 18.7 Å². The lowest BCUT2D eigenvalue weighted by Gasteiger charge is -2.27. The molecule has 0 amide bonds. The standard InChI is InChI=1S/C15H23N3O2S/c1-4-16-15(2,10-19)7-8-21-14-17-12-6-5-11(20-3)9-13(12)18-14/h5-6,9,16,19H,4,7-8,10H2,1-3H3,(H,17,18). The number of hydrogen-bond acceptors (Lipinski definition) is 5. The Morgan fingerprint density at radius 2 is 2.29 bits per heavy atom. The fourth-order valence-corrected chi connectivity index (χ4v) is 3.27. The summed E-state index contributed by atoms with van der Waals surface area (Å²) in [6.45, 7) is 5.08. The third kappa shape index (κ3) is 4.12. The Balaban J connectivity index is 1.97. The van der Waals surface area contributed by atoms with Crippen molar-refractivity contribution in [1.82, 2.24) is 15.3 Å². The van der Waals surface area contributed by atoms with Gasteiger partial charge >= 0.3 is 0 Å². The normalized spacial score (nSPS) is 14.3. The molecule has 116 valence electrons. The summed E-state index contributed by atoms with van der Waals surface area (Å²) in [5.74, 6) is 1.71. The third-order valence-electron chi connectivity index (χ3n) is 3.51. The van der Waals surface area contributed by atoms with Gasteiger partial charge in [0.25, 0.3) is 0 Å². The molecule has 1 atom stereocenters. The molecule has 21 heavy (non-hydrogen) atoms. The van der Waals surface area contributed by atoms with Crippen LogP contribution < -0.4 is 10.1 Å². The lowest BCUT2D eigenvalue weighted by atomic mass is 10.0. The average molecular weight is 309 g/mol. The lowest BCUT2D eigenvalue weighted by Crippen LogP contribution is -2.46. The summed E-state index contributed by atoms with van der Waals surface area (Å²) in [7, 11) is 1.66. The fourth-order valence-electron chi connectivity index (χ4n) is 2.18. The number of hydrogen-bond donors (Lipinski definition) is 3. The van der Waals surface area contributed by atoms with Crippen LogP contribution in [0.5, 0.6) is 5.75 Å². The highest BCUT2D eigenvalue weighted by Crippen LogP contribution is 2.24. The molecule has 1 aromatic heterocycles. The van der Waals surface area contributed by atoms with E-state index in [0.717, 1.165) is 40.7 Å². The van der Waals surface area contributed by atoms with Crippen LogP contribution in [0.1, 0.15) is 20.3 Å². The van der Waals surface area contributed by atoms with Crippen molar-refractivity contribution < 1.29 is 9.84 Å². The molecular formula is C15H23N3O2S. The van der Waals surface area contributed by atoms with Crippen LogP contribution in [0, 0.1) is 0 Å². The summed E-state index contributed by atoms with van der Waals surface area (Å²) >= 11 is 1.67. The van der Waals surface area contributed by atoms with Gasteiger partial charge in [-0.2, -0.15) is 0 Å². The van der Waals surface area contributed by atoms with Crippen LogP contribution in [-0.2, 0) is 0 Å². The summed E-state index contributed by atoms with van der Waals surface area (Å²) in [5.41, 5.74) is 1.69. The van der Waals surface area contributed by atoms with Crippen LogP contribution >= 0.6 is 11.8 Å². The number of aromatic amines is 1. The summed E-state index contributed by atoms with van der Waals surface area (Å²) in [6, 6.07) is 5.81. The van der Waals surface area contributed by atoms with E-state index in [1.165, 1.54) is 0 Å². The number of aliphatic hydroxyl groups is 1. The molecule has 0 saturated heterocycles. The van der Waals surface area contributed by atoms with E-state index in [9.17, 15) is 5.11 Å². The fraction of sp³-hybridized carbons (Fsp3) is 0.533. The molecule has 1 aromatic carbocycles. The first-order valence-electron chi connectivity index (χ1n) is 7.12. The van der Waals surface area contributed by atoms with E-state index in [-0.39, 0.29) is 12.1 Å². The second-order valence-corrected chi connectivity index (χ2v) is 6.36. The predicted octanol–water partition coefficient (Wildman–Crippen LogP) is 2.41. The molecule has 2 rings (SSSR count). The van der Waals surface area contributed by atoms with Crippen molar-refractivity contribution in [3.05, 3.63) is 18.2 Å². The summed E-state index contributed by atoms with van der Waals surface area (Å²) < 4.78 is 5.21. The lowest BCUT2D eigenvalue weighted by molar-refractivity contribution is 0.173. The number of rotatable bonds is 8. The predicted molar refractivity (Wildman–Crippen MR) is 87.2 cm³/mol. The first kappa shape index (κ1) is 16.1. The molecule has 0 spiro atoms. The zero-order chi connectivity index (χ0) is 15.3. The number of ether oxygens (including phenoxy) is 1. The van der Waals surface area contributed by atoms with Gasteiger partial charge in [-0.25, -0.2) is 4.98 Å². The minimum absolute atomic E-state index is 0.138. The topological polar surface area (TPSA) is 70.2 Å². The van der Waals surface area contributed by atoms with Crippen molar-refractivity contribution in [2.24, 2.45) is 0 Å². The molecule has 5 nitrogen and oxygen atoms in total. The van der Waals surface area contributed by atoms with Crippen LogP contribution in [0.25, 0.3) is 11.0 Å².